The second-order valence-corrected chi connectivity index (χ2v) is 5.47. The van der Waals surface area contributed by atoms with Crippen molar-refractivity contribution in [2.45, 2.75) is 26.4 Å². The molecule has 1 aromatic rings. The van der Waals surface area contributed by atoms with Gasteiger partial charge in [-0.15, -0.1) is 0 Å². The number of benzene rings is 1. The number of aliphatic carboxylic acids is 1. The van der Waals surface area contributed by atoms with Crippen LogP contribution >= 0.6 is 0 Å². The smallest absolute Gasteiger partial charge is 0.307 e. The summed E-state index contributed by atoms with van der Waals surface area (Å²) in [7, 11) is 0. The molecule has 3 atom stereocenters. The van der Waals surface area contributed by atoms with Crippen molar-refractivity contribution in [2.75, 3.05) is 5.32 Å². The van der Waals surface area contributed by atoms with Crippen LogP contribution in [0, 0.1) is 17.8 Å². The summed E-state index contributed by atoms with van der Waals surface area (Å²) in [6.45, 7) is 1.93. The third kappa shape index (κ3) is 3.17. The van der Waals surface area contributed by atoms with Gasteiger partial charge in [0.2, 0.25) is 5.91 Å². The van der Waals surface area contributed by atoms with E-state index in [1.165, 1.54) is 0 Å². The predicted octanol–water partition coefficient (Wildman–Crippen LogP) is 1.86. The van der Waals surface area contributed by atoms with Gasteiger partial charge in [0.15, 0.2) is 0 Å². The molecule has 0 bridgehead atoms. The lowest BCUT2D eigenvalue weighted by Crippen LogP contribution is -2.29. The molecule has 3 unspecified atom stereocenters. The molecular formula is C15H19NO4. The molecule has 2 rings (SSSR count). The normalized spacial score (nSPS) is 25.4. The second-order valence-electron chi connectivity index (χ2n) is 5.47. The van der Waals surface area contributed by atoms with E-state index in [1.54, 1.807) is 24.3 Å². The first-order valence-electron chi connectivity index (χ1n) is 6.74. The van der Waals surface area contributed by atoms with E-state index in [-0.39, 0.29) is 18.4 Å². The minimum atomic E-state index is -0.898. The minimum absolute atomic E-state index is 0.0462. The van der Waals surface area contributed by atoms with E-state index in [4.69, 9.17) is 5.11 Å². The molecule has 1 amide bonds. The zero-order valence-electron chi connectivity index (χ0n) is 11.4. The van der Waals surface area contributed by atoms with Crippen molar-refractivity contribution in [3.63, 3.8) is 0 Å². The molecule has 1 fully saturated rings. The van der Waals surface area contributed by atoms with Crippen LogP contribution in [-0.2, 0) is 16.2 Å². The second kappa shape index (κ2) is 6.05. The van der Waals surface area contributed by atoms with Crippen LogP contribution in [0.25, 0.3) is 0 Å². The van der Waals surface area contributed by atoms with Crippen LogP contribution in [-0.4, -0.2) is 22.1 Å². The number of aliphatic hydroxyl groups excluding tert-OH is 1. The van der Waals surface area contributed by atoms with Crippen molar-refractivity contribution in [3.05, 3.63) is 29.8 Å². The SMILES string of the molecule is CC1CC(C(=O)O)C(C(=O)Nc2ccc(CO)cc2)C1. The van der Waals surface area contributed by atoms with Gasteiger partial charge in [0.1, 0.15) is 0 Å². The highest BCUT2D eigenvalue weighted by molar-refractivity contribution is 5.95. The maximum atomic E-state index is 12.2. The van der Waals surface area contributed by atoms with Gasteiger partial charge in [0.25, 0.3) is 0 Å². The molecule has 0 aliphatic heterocycles. The Bertz CT molecular complexity index is 497. The van der Waals surface area contributed by atoms with Gasteiger partial charge in [-0.3, -0.25) is 9.59 Å². The summed E-state index contributed by atoms with van der Waals surface area (Å²) in [5.41, 5.74) is 1.39. The quantitative estimate of drug-likeness (QED) is 0.784. The number of hydrogen-bond acceptors (Lipinski definition) is 3. The third-order valence-electron chi connectivity index (χ3n) is 3.86. The van der Waals surface area contributed by atoms with Crippen LogP contribution < -0.4 is 5.32 Å². The molecular weight excluding hydrogens is 258 g/mol. The summed E-state index contributed by atoms with van der Waals surface area (Å²) in [6, 6.07) is 6.86. The first-order chi connectivity index (χ1) is 9.51. The molecule has 1 aliphatic carbocycles. The molecule has 0 radical (unpaired) electrons. The van der Waals surface area contributed by atoms with E-state index in [0.717, 1.165) is 5.56 Å². The average molecular weight is 277 g/mol. The number of nitrogens with one attached hydrogen (secondary N) is 1. The Morgan fingerprint density at radius 2 is 1.80 bits per heavy atom. The number of carboxylic acids is 1. The Kier molecular flexibility index (Phi) is 4.39. The Morgan fingerprint density at radius 3 is 2.35 bits per heavy atom. The van der Waals surface area contributed by atoms with Crippen molar-refractivity contribution in [1.29, 1.82) is 0 Å². The summed E-state index contributed by atoms with van der Waals surface area (Å²) >= 11 is 0. The fraction of sp³-hybridized carbons (Fsp3) is 0.467. The molecule has 0 aromatic heterocycles. The van der Waals surface area contributed by atoms with Gasteiger partial charge in [-0.05, 0) is 36.5 Å². The monoisotopic (exact) mass is 277 g/mol. The Labute approximate surface area is 117 Å². The Balaban J connectivity index is 2.04. The molecule has 1 aromatic carbocycles. The zero-order chi connectivity index (χ0) is 14.7. The number of carbonyl (C=O) groups excluding carboxylic acids is 1. The number of carbonyl (C=O) groups is 2. The standard InChI is InChI=1S/C15H19NO4/c1-9-6-12(13(7-9)15(19)20)14(18)16-11-4-2-10(8-17)3-5-11/h2-5,9,12-13,17H,6-8H2,1H3,(H,16,18)(H,19,20). The van der Waals surface area contributed by atoms with Crippen molar-refractivity contribution < 1.29 is 19.8 Å². The van der Waals surface area contributed by atoms with Crippen molar-refractivity contribution in [2.24, 2.45) is 17.8 Å². The minimum Gasteiger partial charge on any atom is -0.481 e. The van der Waals surface area contributed by atoms with Crippen LogP contribution in [0.2, 0.25) is 0 Å². The average Bonchev–Trinajstić information content (AvgIpc) is 2.82. The van der Waals surface area contributed by atoms with Gasteiger partial charge in [0, 0.05) is 5.69 Å². The Hall–Kier alpha value is -1.88. The summed E-state index contributed by atoms with van der Waals surface area (Å²) in [5.74, 6) is -1.95. The number of aliphatic hydroxyl groups is 1. The highest BCUT2D eigenvalue weighted by Gasteiger charge is 2.41. The van der Waals surface area contributed by atoms with E-state index < -0.39 is 17.8 Å². The van der Waals surface area contributed by atoms with Gasteiger partial charge in [-0.2, -0.15) is 0 Å². The van der Waals surface area contributed by atoms with E-state index >= 15 is 0 Å². The largest absolute Gasteiger partial charge is 0.481 e. The lowest BCUT2D eigenvalue weighted by molar-refractivity contribution is -0.145. The predicted molar refractivity (Wildman–Crippen MR) is 74.0 cm³/mol. The molecule has 5 heteroatoms. The van der Waals surface area contributed by atoms with E-state index in [9.17, 15) is 14.7 Å². The molecule has 1 saturated carbocycles. The number of rotatable bonds is 4. The number of carboxylic acid groups (broad SMARTS) is 1. The summed E-state index contributed by atoms with van der Waals surface area (Å²) < 4.78 is 0. The maximum absolute atomic E-state index is 12.2. The van der Waals surface area contributed by atoms with Crippen LogP contribution in [0.5, 0.6) is 0 Å². The molecule has 0 spiro atoms. The molecule has 5 nitrogen and oxygen atoms in total. The summed E-state index contributed by atoms with van der Waals surface area (Å²) in [6.07, 6.45) is 1.16. The molecule has 108 valence electrons. The van der Waals surface area contributed by atoms with E-state index in [2.05, 4.69) is 5.32 Å². The van der Waals surface area contributed by atoms with Gasteiger partial charge in [-0.1, -0.05) is 19.1 Å². The summed E-state index contributed by atoms with van der Waals surface area (Å²) in [4.78, 5) is 23.4. The topological polar surface area (TPSA) is 86.6 Å². The van der Waals surface area contributed by atoms with Crippen LogP contribution in [0.1, 0.15) is 25.3 Å². The molecule has 20 heavy (non-hydrogen) atoms. The first-order valence-corrected chi connectivity index (χ1v) is 6.74. The van der Waals surface area contributed by atoms with Gasteiger partial charge >= 0.3 is 5.97 Å². The van der Waals surface area contributed by atoms with Crippen LogP contribution in [0.15, 0.2) is 24.3 Å². The number of anilines is 1. The maximum Gasteiger partial charge on any atom is 0.307 e. The number of amides is 1. The van der Waals surface area contributed by atoms with E-state index in [1.807, 2.05) is 6.92 Å². The molecule has 0 heterocycles. The van der Waals surface area contributed by atoms with Gasteiger partial charge < -0.3 is 15.5 Å². The van der Waals surface area contributed by atoms with Crippen molar-refractivity contribution >= 4 is 17.6 Å². The lowest BCUT2D eigenvalue weighted by atomic mass is 9.95. The molecule has 3 N–H and O–H groups in total. The fourth-order valence-electron chi connectivity index (χ4n) is 2.78. The first kappa shape index (κ1) is 14.5. The summed E-state index contributed by atoms with van der Waals surface area (Å²) in [5, 5.41) is 20.9. The zero-order valence-corrected chi connectivity index (χ0v) is 11.4. The van der Waals surface area contributed by atoms with E-state index in [0.29, 0.717) is 18.5 Å². The van der Waals surface area contributed by atoms with Crippen molar-refractivity contribution in [1.82, 2.24) is 0 Å². The van der Waals surface area contributed by atoms with Crippen LogP contribution in [0.4, 0.5) is 5.69 Å². The number of hydrogen-bond donors (Lipinski definition) is 3. The van der Waals surface area contributed by atoms with Crippen LogP contribution in [0.3, 0.4) is 0 Å². The third-order valence-corrected chi connectivity index (χ3v) is 3.86. The van der Waals surface area contributed by atoms with Gasteiger partial charge in [-0.25, -0.2) is 0 Å². The fourth-order valence-corrected chi connectivity index (χ4v) is 2.78. The van der Waals surface area contributed by atoms with Gasteiger partial charge in [0.05, 0.1) is 18.4 Å². The van der Waals surface area contributed by atoms with Crippen molar-refractivity contribution in [3.8, 4) is 0 Å². The Morgan fingerprint density at radius 1 is 1.20 bits per heavy atom. The highest BCUT2D eigenvalue weighted by atomic mass is 16.4. The highest BCUT2D eigenvalue weighted by Crippen LogP contribution is 2.37. The lowest BCUT2D eigenvalue weighted by Gasteiger charge is -2.15. The molecule has 0 saturated heterocycles. The molecule has 1 aliphatic rings.